The van der Waals surface area contributed by atoms with Crippen LogP contribution in [0.1, 0.15) is 46.5 Å². The lowest BCUT2D eigenvalue weighted by molar-refractivity contribution is -0.210. The Labute approximate surface area is 120 Å². The zero-order valence-electron chi connectivity index (χ0n) is 12.2. The van der Waals surface area contributed by atoms with Crippen molar-refractivity contribution in [1.82, 2.24) is 5.32 Å². The van der Waals surface area contributed by atoms with Gasteiger partial charge in [0.25, 0.3) is 0 Å². The molecule has 0 saturated heterocycles. The van der Waals surface area contributed by atoms with Crippen LogP contribution in [0.15, 0.2) is 0 Å². The molecule has 1 aliphatic rings. The van der Waals surface area contributed by atoms with Crippen molar-refractivity contribution >= 4 is 12.1 Å². The number of aliphatic carboxylic acids is 1. The van der Waals surface area contributed by atoms with Gasteiger partial charge in [-0.2, -0.15) is 13.2 Å². The molecule has 8 heteroatoms. The molecule has 21 heavy (non-hydrogen) atoms. The van der Waals surface area contributed by atoms with Crippen molar-refractivity contribution in [2.75, 3.05) is 0 Å². The minimum absolute atomic E-state index is 0.0870. The summed E-state index contributed by atoms with van der Waals surface area (Å²) in [5.41, 5.74) is -2.42. The Kier molecular flexibility index (Phi) is 4.80. The van der Waals surface area contributed by atoms with Gasteiger partial charge < -0.3 is 15.2 Å². The number of alkyl halides is 3. The fraction of sp³-hybridized carbons (Fsp3) is 0.846. The third-order valence-electron chi connectivity index (χ3n) is 3.44. The van der Waals surface area contributed by atoms with Crippen LogP contribution in [0, 0.1) is 5.92 Å². The third kappa shape index (κ3) is 4.78. The van der Waals surface area contributed by atoms with Crippen molar-refractivity contribution in [3.8, 4) is 0 Å². The van der Waals surface area contributed by atoms with Crippen molar-refractivity contribution in [3.05, 3.63) is 0 Å². The van der Waals surface area contributed by atoms with Gasteiger partial charge >= 0.3 is 18.2 Å². The summed E-state index contributed by atoms with van der Waals surface area (Å²) in [4.78, 5) is 22.4. The first kappa shape index (κ1) is 17.6. The van der Waals surface area contributed by atoms with Gasteiger partial charge in [-0.15, -0.1) is 0 Å². The number of nitrogens with one attached hydrogen (secondary N) is 1. The molecule has 5 nitrogen and oxygen atoms in total. The summed E-state index contributed by atoms with van der Waals surface area (Å²) in [6.45, 7) is 4.79. The van der Waals surface area contributed by atoms with Gasteiger partial charge in [0, 0.05) is 0 Å². The normalized spacial score (nSPS) is 19.3. The maximum atomic E-state index is 13.1. The third-order valence-corrected chi connectivity index (χ3v) is 3.44. The molecular weight excluding hydrogens is 291 g/mol. The van der Waals surface area contributed by atoms with Crippen LogP contribution in [-0.2, 0) is 9.53 Å². The molecule has 1 amide bonds. The number of rotatable bonds is 4. The van der Waals surface area contributed by atoms with E-state index >= 15 is 0 Å². The molecule has 122 valence electrons. The maximum absolute atomic E-state index is 13.1. The Balaban J connectivity index is 2.90. The zero-order valence-corrected chi connectivity index (χ0v) is 12.2. The standard InChI is InChI=1S/C13H20F3NO4/c1-11(2,3)21-10(20)17-12(5-4-6-12)8(7-9(18)19)13(14,15)16/h8H,4-7H2,1-3H3,(H,17,20)(H,18,19). The van der Waals surface area contributed by atoms with E-state index in [-0.39, 0.29) is 12.8 Å². The van der Waals surface area contributed by atoms with Gasteiger partial charge in [-0.1, -0.05) is 0 Å². The summed E-state index contributed by atoms with van der Waals surface area (Å²) in [5.74, 6) is -3.67. The number of carboxylic acids is 1. The van der Waals surface area contributed by atoms with Crippen LogP contribution < -0.4 is 5.32 Å². The van der Waals surface area contributed by atoms with E-state index in [0.717, 1.165) is 0 Å². The topological polar surface area (TPSA) is 75.6 Å². The minimum atomic E-state index is -4.70. The van der Waals surface area contributed by atoms with E-state index in [0.29, 0.717) is 6.42 Å². The van der Waals surface area contributed by atoms with Crippen molar-refractivity contribution in [1.29, 1.82) is 0 Å². The van der Waals surface area contributed by atoms with Crippen LogP contribution in [0.25, 0.3) is 0 Å². The lowest BCUT2D eigenvalue weighted by Gasteiger charge is -2.48. The van der Waals surface area contributed by atoms with Crippen molar-refractivity contribution in [3.63, 3.8) is 0 Å². The number of amides is 1. The van der Waals surface area contributed by atoms with E-state index < -0.39 is 41.7 Å². The molecule has 0 aromatic heterocycles. The number of halogens is 3. The molecule has 0 aromatic carbocycles. The summed E-state index contributed by atoms with van der Waals surface area (Å²) in [6, 6.07) is 0. The highest BCUT2D eigenvalue weighted by Gasteiger charge is 2.58. The number of carbonyl (C=O) groups is 2. The molecule has 0 heterocycles. The summed E-state index contributed by atoms with van der Waals surface area (Å²) in [5, 5.41) is 11.0. The zero-order chi connectivity index (χ0) is 16.5. The van der Waals surface area contributed by atoms with Crippen LogP contribution in [0.4, 0.5) is 18.0 Å². The van der Waals surface area contributed by atoms with E-state index in [1.54, 1.807) is 20.8 Å². The highest BCUT2D eigenvalue weighted by molar-refractivity contribution is 5.70. The summed E-state index contributed by atoms with van der Waals surface area (Å²) < 4.78 is 44.4. The van der Waals surface area contributed by atoms with Crippen LogP contribution in [0.2, 0.25) is 0 Å². The number of alkyl carbamates (subject to hydrolysis) is 1. The SMILES string of the molecule is CC(C)(C)OC(=O)NC1(C(CC(=O)O)C(F)(F)F)CCC1. The molecular formula is C13H20F3NO4. The van der Waals surface area contributed by atoms with Crippen LogP contribution in [0.3, 0.4) is 0 Å². The summed E-state index contributed by atoms with van der Waals surface area (Å²) >= 11 is 0. The number of ether oxygens (including phenoxy) is 1. The average molecular weight is 311 g/mol. The Morgan fingerprint density at radius 1 is 1.29 bits per heavy atom. The smallest absolute Gasteiger partial charge is 0.408 e. The predicted molar refractivity (Wildman–Crippen MR) is 67.7 cm³/mol. The lowest BCUT2D eigenvalue weighted by Crippen LogP contribution is -2.62. The van der Waals surface area contributed by atoms with E-state index in [1.807, 2.05) is 0 Å². The van der Waals surface area contributed by atoms with Gasteiger partial charge in [0.1, 0.15) is 5.60 Å². The van der Waals surface area contributed by atoms with E-state index in [2.05, 4.69) is 5.32 Å². The minimum Gasteiger partial charge on any atom is -0.481 e. The predicted octanol–water partition coefficient (Wildman–Crippen LogP) is 3.09. The highest BCUT2D eigenvalue weighted by Crippen LogP contribution is 2.47. The summed E-state index contributed by atoms with van der Waals surface area (Å²) in [6.07, 6.45) is -6.05. The second-order valence-corrected chi connectivity index (χ2v) is 6.33. The largest absolute Gasteiger partial charge is 0.481 e. The van der Waals surface area contributed by atoms with Crippen molar-refractivity contribution in [2.45, 2.75) is 63.8 Å². The molecule has 1 fully saturated rings. The molecule has 0 radical (unpaired) electrons. The molecule has 1 rings (SSSR count). The fourth-order valence-electron chi connectivity index (χ4n) is 2.42. The quantitative estimate of drug-likeness (QED) is 0.836. The molecule has 1 atom stereocenters. The molecule has 2 N–H and O–H groups in total. The van der Waals surface area contributed by atoms with Crippen LogP contribution >= 0.6 is 0 Å². The first-order chi connectivity index (χ1) is 9.36. The van der Waals surface area contributed by atoms with E-state index in [9.17, 15) is 22.8 Å². The summed E-state index contributed by atoms with van der Waals surface area (Å²) in [7, 11) is 0. The molecule has 0 bridgehead atoms. The lowest BCUT2D eigenvalue weighted by atomic mass is 9.66. The second kappa shape index (κ2) is 5.73. The monoisotopic (exact) mass is 311 g/mol. The molecule has 0 spiro atoms. The Hall–Kier alpha value is -1.47. The van der Waals surface area contributed by atoms with Gasteiger partial charge in [0.15, 0.2) is 0 Å². The van der Waals surface area contributed by atoms with Gasteiger partial charge in [0.2, 0.25) is 0 Å². The number of carbonyl (C=O) groups excluding carboxylic acids is 1. The number of hydrogen-bond donors (Lipinski definition) is 2. The van der Waals surface area contributed by atoms with Crippen LogP contribution in [0.5, 0.6) is 0 Å². The van der Waals surface area contributed by atoms with E-state index in [4.69, 9.17) is 9.84 Å². The number of hydrogen-bond acceptors (Lipinski definition) is 3. The highest BCUT2D eigenvalue weighted by atomic mass is 19.4. The van der Waals surface area contributed by atoms with Crippen molar-refractivity contribution in [2.24, 2.45) is 5.92 Å². The van der Waals surface area contributed by atoms with Gasteiger partial charge in [0.05, 0.1) is 17.9 Å². The Morgan fingerprint density at radius 3 is 2.10 bits per heavy atom. The van der Waals surface area contributed by atoms with Gasteiger partial charge in [-0.3, -0.25) is 4.79 Å². The van der Waals surface area contributed by atoms with Gasteiger partial charge in [-0.05, 0) is 40.0 Å². The fourth-order valence-corrected chi connectivity index (χ4v) is 2.42. The molecule has 1 saturated carbocycles. The van der Waals surface area contributed by atoms with E-state index in [1.165, 1.54) is 0 Å². The molecule has 1 aliphatic carbocycles. The average Bonchev–Trinajstić information content (AvgIpc) is 2.16. The first-order valence-electron chi connectivity index (χ1n) is 6.65. The first-order valence-corrected chi connectivity index (χ1v) is 6.65. The Bertz CT molecular complexity index is 411. The molecule has 0 aromatic rings. The number of carboxylic acid groups (broad SMARTS) is 1. The van der Waals surface area contributed by atoms with Crippen molar-refractivity contribution < 1.29 is 32.6 Å². The Morgan fingerprint density at radius 2 is 1.81 bits per heavy atom. The molecule has 0 aliphatic heterocycles. The van der Waals surface area contributed by atoms with Gasteiger partial charge in [-0.25, -0.2) is 4.79 Å². The maximum Gasteiger partial charge on any atom is 0.408 e. The molecule has 1 unspecified atom stereocenters. The second-order valence-electron chi connectivity index (χ2n) is 6.33. The van der Waals surface area contributed by atoms with Crippen LogP contribution in [-0.4, -0.2) is 34.5 Å².